The number of nitrogens with one attached hydrogen (secondary N) is 1. The van der Waals surface area contributed by atoms with Gasteiger partial charge in [-0.3, -0.25) is 29.8 Å². The van der Waals surface area contributed by atoms with Gasteiger partial charge in [0.1, 0.15) is 10.6 Å². The van der Waals surface area contributed by atoms with Gasteiger partial charge in [0.15, 0.2) is 0 Å². The van der Waals surface area contributed by atoms with Gasteiger partial charge < -0.3 is 11.1 Å². The number of amides is 2. The first kappa shape index (κ1) is 17.5. The zero-order chi connectivity index (χ0) is 19.0. The lowest BCUT2D eigenvalue weighted by Crippen LogP contribution is -2.18. The van der Waals surface area contributed by atoms with E-state index in [-0.39, 0.29) is 16.1 Å². The number of aryl methyl sites for hydroxylation is 1. The van der Waals surface area contributed by atoms with Gasteiger partial charge in [-0.1, -0.05) is 0 Å². The van der Waals surface area contributed by atoms with E-state index in [4.69, 9.17) is 5.73 Å². The summed E-state index contributed by atoms with van der Waals surface area (Å²) in [5.41, 5.74) is 4.90. The molecule has 2 amide bonds. The highest BCUT2D eigenvalue weighted by molar-refractivity contribution is 7.17. The second-order valence-corrected chi connectivity index (χ2v) is 6.70. The Labute approximate surface area is 149 Å². The number of hydrogen-bond acceptors (Lipinski definition) is 7. The number of anilines is 1. The van der Waals surface area contributed by atoms with Crippen molar-refractivity contribution in [2.75, 3.05) is 5.32 Å². The molecule has 2 aromatic rings. The van der Waals surface area contributed by atoms with Crippen molar-refractivity contribution in [3.8, 4) is 0 Å². The van der Waals surface area contributed by atoms with E-state index in [1.807, 2.05) is 0 Å². The number of non-ortho nitro benzene ring substituents is 1. The molecule has 3 rings (SSSR count). The molecule has 0 aliphatic heterocycles. The number of nitrogens with two attached hydrogens (primary N) is 1. The molecule has 1 heterocycles. The summed E-state index contributed by atoms with van der Waals surface area (Å²) in [6.07, 6.45) is 2.34. The number of carbonyl (C=O) groups excluding carboxylic acids is 2. The Hall–Kier alpha value is -3.34. The maximum Gasteiger partial charge on any atom is 0.289 e. The lowest BCUT2D eigenvalue weighted by atomic mass is 10.1. The van der Waals surface area contributed by atoms with E-state index in [1.54, 1.807) is 0 Å². The van der Waals surface area contributed by atoms with E-state index < -0.39 is 33.0 Å². The summed E-state index contributed by atoms with van der Waals surface area (Å²) in [5.74, 6) is -1.52. The maximum atomic E-state index is 12.5. The molecular weight excluding hydrogens is 364 g/mol. The molecule has 0 atom stereocenters. The third kappa shape index (κ3) is 2.99. The lowest BCUT2D eigenvalue weighted by Gasteiger charge is -2.06. The van der Waals surface area contributed by atoms with Gasteiger partial charge in [-0.2, -0.15) is 0 Å². The molecule has 0 unspecified atom stereocenters. The zero-order valence-corrected chi connectivity index (χ0v) is 14.0. The summed E-state index contributed by atoms with van der Waals surface area (Å²) >= 11 is 1.21. The summed E-state index contributed by atoms with van der Waals surface area (Å²) in [4.78, 5) is 45.5. The SMILES string of the molecule is NC(=O)c1c(NC(=O)c2ccc([N+](=O)[O-])cc2[N+](=O)[O-])sc2c1CCC2. The molecule has 0 saturated carbocycles. The van der Waals surface area contributed by atoms with Crippen molar-refractivity contribution in [2.24, 2.45) is 5.73 Å². The van der Waals surface area contributed by atoms with Crippen LogP contribution < -0.4 is 11.1 Å². The van der Waals surface area contributed by atoms with Gasteiger partial charge in [-0.25, -0.2) is 0 Å². The van der Waals surface area contributed by atoms with Crippen molar-refractivity contribution in [3.63, 3.8) is 0 Å². The largest absolute Gasteiger partial charge is 0.365 e. The molecule has 1 aliphatic carbocycles. The van der Waals surface area contributed by atoms with Gasteiger partial charge in [-0.15, -0.1) is 11.3 Å². The fourth-order valence-corrected chi connectivity index (χ4v) is 4.19. The van der Waals surface area contributed by atoms with Gasteiger partial charge in [0, 0.05) is 10.9 Å². The Morgan fingerprint density at radius 3 is 2.50 bits per heavy atom. The van der Waals surface area contributed by atoms with E-state index in [0.717, 1.165) is 41.5 Å². The molecule has 1 aromatic carbocycles. The summed E-state index contributed by atoms with van der Waals surface area (Å²) in [7, 11) is 0. The molecule has 1 aliphatic rings. The van der Waals surface area contributed by atoms with E-state index in [9.17, 15) is 29.8 Å². The molecule has 10 nitrogen and oxygen atoms in total. The van der Waals surface area contributed by atoms with Crippen molar-refractivity contribution < 1.29 is 19.4 Å². The number of nitrogens with zero attached hydrogens (tertiary/aromatic N) is 2. The van der Waals surface area contributed by atoms with Gasteiger partial charge >= 0.3 is 0 Å². The van der Waals surface area contributed by atoms with Crippen LogP contribution in [0, 0.1) is 20.2 Å². The van der Waals surface area contributed by atoms with Crippen molar-refractivity contribution >= 4 is 39.5 Å². The maximum absolute atomic E-state index is 12.5. The fraction of sp³-hybridized carbons (Fsp3) is 0.200. The Bertz CT molecular complexity index is 967. The van der Waals surface area contributed by atoms with Gasteiger partial charge in [-0.05, 0) is 30.9 Å². The molecule has 11 heteroatoms. The lowest BCUT2D eigenvalue weighted by molar-refractivity contribution is -0.394. The molecule has 26 heavy (non-hydrogen) atoms. The van der Waals surface area contributed by atoms with Crippen LogP contribution in [0.1, 0.15) is 37.6 Å². The average molecular weight is 376 g/mol. The Kier molecular flexibility index (Phi) is 4.38. The first-order valence-electron chi connectivity index (χ1n) is 7.48. The van der Waals surface area contributed by atoms with Crippen LogP contribution in [0.3, 0.4) is 0 Å². The molecule has 1 aromatic heterocycles. The van der Waals surface area contributed by atoms with Crippen LogP contribution in [0.25, 0.3) is 0 Å². The summed E-state index contributed by atoms with van der Waals surface area (Å²) in [6, 6.07) is 2.74. The number of nitro groups is 2. The topological polar surface area (TPSA) is 158 Å². The Balaban J connectivity index is 1.98. The number of fused-ring (bicyclic) bond motifs is 1. The fourth-order valence-electron chi connectivity index (χ4n) is 2.90. The highest BCUT2D eigenvalue weighted by Gasteiger charge is 2.29. The predicted molar refractivity (Wildman–Crippen MR) is 92.6 cm³/mol. The molecular formula is C15H12N4O6S. The van der Waals surface area contributed by atoms with Crippen molar-refractivity contribution in [1.82, 2.24) is 0 Å². The Morgan fingerprint density at radius 2 is 1.88 bits per heavy atom. The number of benzene rings is 1. The number of thiophene rings is 1. The summed E-state index contributed by atoms with van der Waals surface area (Å²) in [6.45, 7) is 0. The minimum absolute atomic E-state index is 0.223. The third-order valence-electron chi connectivity index (χ3n) is 4.03. The smallest absolute Gasteiger partial charge is 0.289 e. The van der Waals surface area contributed by atoms with Gasteiger partial charge in [0.25, 0.3) is 23.2 Å². The second-order valence-electron chi connectivity index (χ2n) is 5.60. The van der Waals surface area contributed by atoms with E-state index >= 15 is 0 Å². The van der Waals surface area contributed by atoms with Crippen LogP contribution in [-0.4, -0.2) is 21.7 Å². The minimum atomic E-state index is -0.870. The molecule has 0 spiro atoms. The van der Waals surface area contributed by atoms with Crippen LogP contribution in [0.15, 0.2) is 18.2 Å². The van der Waals surface area contributed by atoms with Gasteiger partial charge in [0.05, 0.1) is 21.5 Å². The quantitative estimate of drug-likeness (QED) is 0.602. The zero-order valence-electron chi connectivity index (χ0n) is 13.2. The monoisotopic (exact) mass is 376 g/mol. The van der Waals surface area contributed by atoms with Crippen LogP contribution >= 0.6 is 11.3 Å². The van der Waals surface area contributed by atoms with E-state index in [2.05, 4.69) is 5.32 Å². The normalized spacial score (nSPS) is 12.5. The molecule has 0 saturated heterocycles. The number of carbonyl (C=O) groups is 2. The molecule has 0 radical (unpaired) electrons. The highest BCUT2D eigenvalue weighted by Crippen LogP contribution is 2.39. The average Bonchev–Trinajstić information content (AvgIpc) is 3.14. The standard InChI is InChI=1S/C15H12N4O6S/c16-13(20)12-9-2-1-3-11(9)26-15(12)17-14(21)8-5-4-7(18(22)23)6-10(8)19(24)25/h4-6H,1-3H2,(H2,16,20)(H,17,21). The first-order valence-corrected chi connectivity index (χ1v) is 8.29. The molecule has 0 bridgehead atoms. The number of hydrogen-bond donors (Lipinski definition) is 2. The van der Waals surface area contributed by atoms with E-state index in [0.29, 0.717) is 6.42 Å². The van der Waals surface area contributed by atoms with Crippen molar-refractivity contribution in [3.05, 3.63) is 60.0 Å². The first-order chi connectivity index (χ1) is 12.3. The Morgan fingerprint density at radius 1 is 1.15 bits per heavy atom. The molecule has 3 N–H and O–H groups in total. The van der Waals surface area contributed by atoms with Crippen molar-refractivity contribution in [1.29, 1.82) is 0 Å². The van der Waals surface area contributed by atoms with E-state index in [1.165, 1.54) is 11.3 Å². The third-order valence-corrected chi connectivity index (χ3v) is 5.24. The van der Waals surface area contributed by atoms with Crippen LogP contribution in [0.4, 0.5) is 16.4 Å². The van der Waals surface area contributed by atoms with Crippen molar-refractivity contribution in [2.45, 2.75) is 19.3 Å². The minimum Gasteiger partial charge on any atom is -0.365 e. The number of nitro benzene ring substituents is 2. The highest BCUT2D eigenvalue weighted by atomic mass is 32.1. The summed E-state index contributed by atoms with van der Waals surface area (Å²) < 4.78 is 0. The summed E-state index contributed by atoms with van der Waals surface area (Å²) in [5, 5.41) is 24.7. The van der Waals surface area contributed by atoms with Crippen LogP contribution in [-0.2, 0) is 12.8 Å². The van der Waals surface area contributed by atoms with Gasteiger partial charge in [0.2, 0.25) is 0 Å². The molecule has 134 valence electrons. The second kappa shape index (κ2) is 6.52. The van der Waals surface area contributed by atoms with Crippen LogP contribution in [0.5, 0.6) is 0 Å². The van der Waals surface area contributed by atoms with Crippen LogP contribution in [0.2, 0.25) is 0 Å². The number of primary amides is 1. The number of rotatable bonds is 5. The molecule has 0 fully saturated rings. The predicted octanol–water partition coefficient (Wildman–Crippen LogP) is 2.40.